The zero-order chi connectivity index (χ0) is 4.99. The van der Waals surface area contributed by atoms with Gasteiger partial charge in [-0.1, -0.05) is 27.7 Å². The molecule has 0 aliphatic carbocycles. The molecule has 1 unspecified atom stereocenters. The zero-order valence-electron chi connectivity index (χ0n) is 4.95. The molecule has 0 saturated carbocycles. The van der Waals surface area contributed by atoms with E-state index in [9.17, 15) is 0 Å². The van der Waals surface area contributed by atoms with E-state index in [0.717, 1.165) is 6.54 Å². The lowest BCUT2D eigenvalue weighted by Crippen LogP contribution is -3.00. The van der Waals surface area contributed by atoms with Crippen LogP contribution in [0.25, 0.3) is 0 Å². The van der Waals surface area contributed by atoms with Gasteiger partial charge in [-0.2, -0.15) is 0 Å². The van der Waals surface area contributed by atoms with E-state index in [4.69, 9.17) is 5.73 Å². The van der Waals surface area contributed by atoms with Gasteiger partial charge in [-0.3, -0.25) is 0 Å². The molecule has 0 aliphatic rings. The van der Waals surface area contributed by atoms with Gasteiger partial charge in [-0.25, -0.2) is 0 Å². The van der Waals surface area contributed by atoms with Crippen molar-refractivity contribution in [3.8, 4) is 0 Å². The van der Waals surface area contributed by atoms with Crippen molar-refractivity contribution in [2.75, 3.05) is 6.54 Å². The standard InChI is InChI=1S/C5H13N.CH4.ClH/c1-3-5(2)4-6;;/h5H,3-4,6H2,1-2H3;1H4;1H/p-1. The molecule has 0 bridgehead atoms. The summed E-state index contributed by atoms with van der Waals surface area (Å²) in [5.41, 5.74) is 5.28. The van der Waals surface area contributed by atoms with Gasteiger partial charge in [0.05, 0.1) is 0 Å². The molecule has 0 aromatic carbocycles. The second kappa shape index (κ2) is 10.3. The predicted molar refractivity (Wildman–Crippen MR) is 35.2 cm³/mol. The molecule has 2 heteroatoms. The molecule has 0 aromatic rings. The van der Waals surface area contributed by atoms with E-state index >= 15 is 0 Å². The lowest BCUT2D eigenvalue weighted by molar-refractivity contribution is -0.00000195. The highest BCUT2D eigenvalue weighted by atomic mass is 35.5. The molecule has 0 rings (SSSR count). The Balaban J connectivity index is -0.000000125. The highest BCUT2D eigenvalue weighted by Gasteiger charge is 1.88. The number of hydrogen-bond acceptors (Lipinski definition) is 1. The van der Waals surface area contributed by atoms with E-state index in [2.05, 4.69) is 13.8 Å². The van der Waals surface area contributed by atoms with Crippen LogP contribution in [0.4, 0.5) is 0 Å². The zero-order valence-corrected chi connectivity index (χ0v) is 5.70. The van der Waals surface area contributed by atoms with Gasteiger partial charge in [-0.15, -0.1) is 0 Å². The van der Waals surface area contributed by atoms with Crippen LogP contribution in [0.5, 0.6) is 0 Å². The molecule has 0 spiro atoms. The molecule has 0 radical (unpaired) electrons. The molecule has 1 atom stereocenters. The molecule has 0 fully saturated rings. The van der Waals surface area contributed by atoms with Crippen LogP contribution in [0.2, 0.25) is 0 Å². The normalized spacial score (nSPS) is 10.9. The number of nitrogens with two attached hydrogens (primary N) is 1. The van der Waals surface area contributed by atoms with Crippen LogP contribution in [0, 0.1) is 5.92 Å². The van der Waals surface area contributed by atoms with Crippen LogP contribution < -0.4 is 18.1 Å². The van der Waals surface area contributed by atoms with Crippen LogP contribution in [0.3, 0.4) is 0 Å². The number of hydrogen-bond donors (Lipinski definition) is 1. The van der Waals surface area contributed by atoms with Crippen molar-refractivity contribution in [3.05, 3.63) is 0 Å². The van der Waals surface area contributed by atoms with Crippen molar-refractivity contribution in [2.24, 2.45) is 11.7 Å². The Kier molecular flexibility index (Phi) is 20.2. The van der Waals surface area contributed by atoms with Crippen LogP contribution in [0.15, 0.2) is 0 Å². The SMILES string of the molecule is C.CCC(C)CN.[Cl-]. The summed E-state index contributed by atoms with van der Waals surface area (Å²) in [7, 11) is 0. The van der Waals surface area contributed by atoms with E-state index in [1.165, 1.54) is 6.42 Å². The quantitative estimate of drug-likeness (QED) is 0.501. The van der Waals surface area contributed by atoms with Gasteiger partial charge in [0.15, 0.2) is 0 Å². The Labute approximate surface area is 59.1 Å². The van der Waals surface area contributed by atoms with Crippen LogP contribution >= 0.6 is 0 Å². The van der Waals surface area contributed by atoms with Gasteiger partial charge in [0.2, 0.25) is 0 Å². The molecule has 0 amide bonds. The Morgan fingerprint density at radius 2 is 1.88 bits per heavy atom. The van der Waals surface area contributed by atoms with E-state index < -0.39 is 0 Å². The molecule has 0 heterocycles. The van der Waals surface area contributed by atoms with Gasteiger partial charge < -0.3 is 18.1 Å². The minimum Gasteiger partial charge on any atom is -1.00 e. The van der Waals surface area contributed by atoms with E-state index in [-0.39, 0.29) is 19.8 Å². The summed E-state index contributed by atoms with van der Waals surface area (Å²) < 4.78 is 0. The maximum absolute atomic E-state index is 5.28. The van der Waals surface area contributed by atoms with Crippen LogP contribution in [-0.4, -0.2) is 6.54 Å². The summed E-state index contributed by atoms with van der Waals surface area (Å²) in [6, 6.07) is 0. The average molecular weight is 139 g/mol. The Hall–Kier alpha value is 0.250. The topological polar surface area (TPSA) is 26.0 Å². The molecular weight excluding hydrogens is 122 g/mol. The van der Waals surface area contributed by atoms with Gasteiger partial charge >= 0.3 is 0 Å². The smallest absolute Gasteiger partial charge is 0.00516 e. The van der Waals surface area contributed by atoms with Crippen molar-refractivity contribution in [1.29, 1.82) is 0 Å². The summed E-state index contributed by atoms with van der Waals surface area (Å²) in [4.78, 5) is 0. The van der Waals surface area contributed by atoms with Crippen LogP contribution in [0.1, 0.15) is 27.7 Å². The Bertz CT molecular complexity index is 27.7. The maximum atomic E-state index is 5.28. The fourth-order valence-corrected chi connectivity index (χ4v) is 0.167. The largest absolute Gasteiger partial charge is 1.00 e. The molecule has 54 valence electrons. The minimum absolute atomic E-state index is 0. The molecule has 8 heavy (non-hydrogen) atoms. The fourth-order valence-electron chi connectivity index (χ4n) is 0.167. The lowest BCUT2D eigenvalue weighted by atomic mass is 10.1. The van der Waals surface area contributed by atoms with Crippen molar-refractivity contribution < 1.29 is 12.4 Å². The molecule has 0 aliphatic heterocycles. The summed E-state index contributed by atoms with van der Waals surface area (Å²) >= 11 is 0. The Morgan fingerprint density at radius 1 is 1.50 bits per heavy atom. The van der Waals surface area contributed by atoms with Gasteiger partial charge in [-0.05, 0) is 12.5 Å². The highest BCUT2D eigenvalue weighted by molar-refractivity contribution is 4.45. The first kappa shape index (κ1) is 15.7. The summed E-state index contributed by atoms with van der Waals surface area (Å²) in [6.07, 6.45) is 1.20. The third-order valence-corrected chi connectivity index (χ3v) is 1.10. The first-order valence-electron chi connectivity index (χ1n) is 2.51. The highest BCUT2D eigenvalue weighted by Crippen LogP contribution is 1.93. The monoisotopic (exact) mass is 138 g/mol. The van der Waals surface area contributed by atoms with Crippen molar-refractivity contribution in [3.63, 3.8) is 0 Å². The van der Waals surface area contributed by atoms with Crippen LogP contribution in [-0.2, 0) is 0 Å². The third kappa shape index (κ3) is 9.54. The predicted octanol–water partition coefficient (Wildman–Crippen LogP) is -1.37. The van der Waals surface area contributed by atoms with Gasteiger partial charge in [0, 0.05) is 0 Å². The van der Waals surface area contributed by atoms with E-state index in [1.807, 2.05) is 0 Å². The van der Waals surface area contributed by atoms with Crippen molar-refractivity contribution in [2.45, 2.75) is 27.7 Å². The van der Waals surface area contributed by atoms with E-state index in [0.29, 0.717) is 5.92 Å². The van der Waals surface area contributed by atoms with Gasteiger partial charge in [0.25, 0.3) is 0 Å². The van der Waals surface area contributed by atoms with Crippen molar-refractivity contribution in [1.82, 2.24) is 0 Å². The average Bonchev–Trinajstić information content (AvgIpc) is 1.65. The molecule has 0 aromatic heterocycles. The maximum Gasteiger partial charge on any atom is -0.00516 e. The van der Waals surface area contributed by atoms with Crippen molar-refractivity contribution >= 4 is 0 Å². The molecule has 2 N–H and O–H groups in total. The molecule has 0 saturated heterocycles. The lowest BCUT2D eigenvalue weighted by Gasteiger charge is -1.98. The second-order valence-electron chi connectivity index (χ2n) is 1.75. The summed E-state index contributed by atoms with van der Waals surface area (Å²) in [6.45, 7) is 5.13. The summed E-state index contributed by atoms with van der Waals surface area (Å²) in [5.74, 6) is 0.713. The molecule has 1 nitrogen and oxygen atoms in total. The minimum atomic E-state index is 0. The number of halogens is 1. The van der Waals surface area contributed by atoms with E-state index in [1.54, 1.807) is 0 Å². The Morgan fingerprint density at radius 3 is 1.88 bits per heavy atom. The first-order chi connectivity index (χ1) is 2.81. The second-order valence-corrected chi connectivity index (χ2v) is 1.75. The third-order valence-electron chi connectivity index (χ3n) is 1.10. The fraction of sp³-hybridized carbons (Fsp3) is 1.00. The molecular formula is C6H17ClN-. The van der Waals surface area contributed by atoms with Gasteiger partial charge in [0.1, 0.15) is 0 Å². The summed E-state index contributed by atoms with van der Waals surface area (Å²) in [5, 5.41) is 0. The number of rotatable bonds is 2. The first-order valence-corrected chi connectivity index (χ1v) is 2.51.